The second-order valence-electron chi connectivity index (χ2n) is 7.32. The topological polar surface area (TPSA) is 76.2 Å². The van der Waals surface area contributed by atoms with Gasteiger partial charge in [-0.1, -0.05) is 31.4 Å². The Balaban J connectivity index is 1.52. The van der Waals surface area contributed by atoms with Crippen molar-refractivity contribution in [3.8, 4) is 11.3 Å². The van der Waals surface area contributed by atoms with Crippen LogP contribution in [0.5, 0.6) is 0 Å². The van der Waals surface area contributed by atoms with Crippen LogP contribution in [0.25, 0.3) is 11.3 Å². The van der Waals surface area contributed by atoms with Gasteiger partial charge in [0.15, 0.2) is 12.2 Å². The van der Waals surface area contributed by atoms with Crippen LogP contribution in [0.2, 0.25) is 0 Å². The van der Waals surface area contributed by atoms with Crippen molar-refractivity contribution >= 4 is 11.7 Å². The lowest BCUT2D eigenvalue weighted by atomic mass is 9.94. The number of rotatable bonds is 5. The SMILES string of the molecule is Cn1cc(CN(C(=O)Nc2cccc(-c3cnco3)c2)C2CCCCC2)cn1. The van der Waals surface area contributed by atoms with Crippen LogP contribution in [-0.4, -0.2) is 31.7 Å². The van der Waals surface area contributed by atoms with Gasteiger partial charge in [0.2, 0.25) is 0 Å². The minimum atomic E-state index is -0.0783. The largest absolute Gasteiger partial charge is 0.444 e. The van der Waals surface area contributed by atoms with Crippen molar-refractivity contribution < 1.29 is 9.21 Å². The standard InChI is InChI=1S/C21H25N5O2/c1-25-13-16(11-23-25)14-26(19-8-3-2-4-9-19)21(27)24-18-7-5-6-17(10-18)20-12-22-15-28-20/h5-7,10-13,15,19H,2-4,8-9,14H2,1H3,(H,24,27). The summed E-state index contributed by atoms with van der Waals surface area (Å²) in [5.41, 5.74) is 2.66. The average Bonchev–Trinajstić information content (AvgIpc) is 3.39. The quantitative estimate of drug-likeness (QED) is 0.711. The molecule has 0 aliphatic heterocycles. The van der Waals surface area contributed by atoms with Crippen LogP contribution < -0.4 is 5.32 Å². The molecular weight excluding hydrogens is 354 g/mol. The molecule has 1 aliphatic carbocycles. The number of carbonyl (C=O) groups excluding carboxylic acids is 1. The van der Waals surface area contributed by atoms with Crippen molar-refractivity contribution in [2.75, 3.05) is 5.32 Å². The van der Waals surface area contributed by atoms with Gasteiger partial charge in [-0.05, 0) is 25.0 Å². The lowest BCUT2D eigenvalue weighted by Crippen LogP contribution is -2.43. The summed E-state index contributed by atoms with van der Waals surface area (Å²) in [6, 6.07) is 7.81. The van der Waals surface area contributed by atoms with E-state index in [1.54, 1.807) is 10.9 Å². The molecule has 1 aromatic carbocycles. The molecule has 2 aromatic heterocycles. The first-order valence-corrected chi connectivity index (χ1v) is 9.73. The van der Waals surface area contributed by atoms with E-state index in [-0.39, 0.29) is 12.1 Å². The van der Waals surface area contributed by atoms with Gasteiger partial charge in [0.25, 0.3) is 0 Å². The van der Waals surface area contributed by atoms with Crippen LogP contribution in [0, 0.1) is 0 Å². The summed E-state index contributed by atoms with van der Waals surface area (Å²) in [6.07, 6.45) is 12.5. The highest BCUT2D eigenvalue weighted by Crippen LogP contribution is 2.26. The van der Waals surface area contributed by atoms with Crippen molar-refractivity contribution in [2.24, 2.45) is 7.05 Å². The van der Waals surface area contributed by atoms with Crippen molar-refractivity contribution in [1.82, 2.24) is 19.7 Å². The summed E-state index contributed by atoms with van der Waals surface area (Å²) in [5.74, 6) is 0.676. The highest BCUT2D eigenvalue weighted by atomic mass is 16.3. The lowest BCUT2D eigenvalue weighted by Gasteiger charge is -2.34. The summed E-state index contributed by atoms with van der Waals surface area (Å²) >= 11 is 0. The number of oxazole rings is 1. The molecule has 4 rings (SSSR count). The molecule has 2 heterocycles. The van der Waals surface area contributed by atoms with Gasteiger partial charge in [-0.15, -0.1) is 0 Å². The maximum Gasteiger partial charge on any atom is 0.322 e. The lowest BCUT2D eigenvalue weighted by molar-refractivity contribution is 0.163. The van der Waals surface area contributed by atoms with Crippen molar-refractivity contribution in [1.29, 1.82) is 0 Å². The van der Waals surface area contributed by atoms with Gasteiger partial charge >= 0.3 is 6.03 Å². The maximum absolute atomic E-state index is 13.2. The zero-order valence-corrected chi connectivity index (χ0v) is 16.0. The van der Waals surface area contributed by atoms with Crippen molar-refractivity contribution in [3.05, 3.63) is 54.8 Å². The van der Waals surface area contributed by atoms with E-state index in [0.29, 0.717) is 12.3 Å². The Kier molecular flexibility index (Phi) is 5.41. The minimum Gasteiger partial charge on any atom is -0.444 e. The van der Waals surface area contributed by atoms with Crippen molar-refractivity contribution in [2.45, 2.75) is 44.7 Å². The van der Waals surface area contributed by atoms with Crippen LogP contribution in [-0.2, 0) is 13.6 Å². The van der Waals surface area contributed by atoms with Crippen LogP contribution in [0.15, 0.2) is 53.7 Å². The number of anilines is 1. The molecule has 3 aromatic rings. The number of carbonyl (C=O) groups is 1. The minimum absolute atomic E-state index is 0.0783. The van der Waals surface area contributed by atoms with Gasteiger partial charge in [-0.3, -0.25) is 4.68 Å². The van der Waals surface area contributed by atoms with Gasteiger partial charge in [-0.25, -0.2) is 9.78 Å². The van der Waals surface area contributed by atoms with Gasteiger partial charge in [0.1, 0.15) is 0 Å². The Bertz CT molecular complexity index is 913. The van der Waals surface area contributed by atoms with E-state index in [4.69, 9.17) is 4.42 Å². The number of nitrogens with one attached hydrogen (secondary N) is 1. The predicted octanol–water partition coefficient (Wildman–Crippen LogP) is 4.44. The molecule has 1 aliphatic rings. The van der Waals surface area contributed by atoms with E-state index in [2.05, 4.69) is 15.4 Å². The Morgan fingerprint density at radius 2 is 2.14 bits per heavy atom. The number of nitrogens with zero attached hydrogens (tertiary/aromatic N) is 4. The van der Waals surface area contributed by atoms with E-state index in [9.17, 15) is 4.79 Å². The van der Waals surface area contributed by atoms with E-state index >= 15 is 0 Å². The Labute approximate surface area is 164 Å². The molecule has 28 heavy (non-hydrogen) atoms. The molecule has 1 N–H and O–H groups in total. The third-order valence-corrected chi connectivity index (χ3v) is 5.22. The van der Waals surface area contributed by atoms with E-state index in [1.165, 1.54) is 25.7 Å². The number of benzene rings is 1. The zero-order chi connectivity index (χ0) is 19.3. The van der Waals surface area contributed by atoms with E-state index in [1.807, 2.05) is 48.6 Å². The fourth-order valence-electron chi connectivity index (χ4n) is 3.81. The van der Waals surface area contributed by atoms with Gasteiger partial charge in [-0.2, -0.15) is 5.10 Å². The number of aromatic nitrogens is 3. The molecule has 0 radical (unpaired) electrons. The molecule has 1 saturated carbocycles. The number of hydrogen-bond acceptors (Lipinski definition) is 4. The molecule has 7 nitrogen and oxygen atoms in total. The van der Waals surface area contributed by atoms with Crippen LogP contribution in [0.4, 0.5) is 10.5 Å². The summed E-state index contributed by atoms with van der Waals surface area (Å²) in [5, 5.41) is 7.31. The molecule has 146 valence electrons. The molecule has 0 atom stereocenters. The monoisotopic (exact) mass is 379 g/mol. The second kappa shape index (κ2) is 8.29. The molecule has 0 bridgehead atoms. The van der Waals surface area contributed by atoms with Gasteiger partial charge in [0.05, 0.1) is 18.9 Å². The number of urea groups is 1. The smallest absolute Gasteiger partial charge is 0.322 e. The van der Waals surface area contributed by atoms with Gasteiger partial charge in [0, 0.05) is 36.1 Å². The third-order valence-electron chi connectivity index (χ3n) is 5.22. The Morgan fingerprint density at radius 1 is 1.29 bits per heavy atom. The first-order chi connectivity index (χ1) is 13.7. The average molecular weight is 379 g/mol. The third kappa shape index (κ3) is 4.24. The fraction of sp³-hybridized carbons (Fsp3) is 0.381. The summed E-state index contributed by atoms with van der Waals surface area (Å²) in [7, 11) is 1.89. The molecule has 0 saturated heterocycles. The predicted molar refractivity (Wildman–Crippen MR) is 107 cm³/mol. The number of amides is 2. The van der Waals surface area contributed by atoms with E-state index in [0.717, 1.165) is 29.7 Å². The molecule has 0 unspecified atom stereocenters. The molecule has 1 fully saturated rings. The summed E-state index contributed by atoms with van der Waals surface area (Å²) in [4.78, 5) is 19.1. The molecule has 0 spiro atoms. The second-order valence-corrected chi connectivity index (χ2v) is 7.32. The van der Waals surface area contributed by atoms with Crippen LogP contribution in [0.3, 0.4) is 0 Å². The fourth-order valence-corrected chi connectivity index (χ4v) is 3.81. The molecular formula is C21H25N5O2. The summed E-state index contributed by atoms with van der Waals surface area (Å²) < 4.78 is 7.13. The summed E-state index contributed by atoms with van der Waals surface area (Å²) in [6.45, 7) is 0.562. The first kappa shape index (κ1) is 18.3. The van der Waals surface area contributed by atoms with Crippen LogP contribution in [0.1, 0.15) is 37.7 Å². The molecule has 7 heteroatoms. The highest BCUT2D eigenvalue weighted by molar-refractivity contribution is 5.90. The Morgan fingerprint density at radius 3 is 2.86 bits per heavy atom. The van der Waals surface area contributed by atoms with Gasteiger partial charge < -0.3 is 14.6 Å². The highest BCUT2D eigenvalue weighted by Gasteiger charge is 2.26. The van der Waals surface area contributed by atoms with Crippen LogP contribution >= 0.6 is 0 Å². The number of hydrogen-bond donors (Lipinski definition) is 1. The molecule has 2 amide bonds. The normalized spacial score (nSPS) is 14.8. The first-order valence-electron chi connectivity index (χ1n) is 9.73. The van der Waals surface area contributed by atoms with Crippen molar-refractivity contribution in [3.63, 3.8) is 0 Å². The maximum atomic E-state index is 13.2. The zero-order valence-electron chi connectivity index (χ0n) is 16.0. The Hall–Kier alpha value is -3.09. The number of aryl methyl sites for hydroxylation is 1. The van der Waals surface area contributed by atoms with E-state index < -0.39 is 0 Å².